The predicted molar refractivity (Wildman–Crippen MR) is 104 cm³/mol. The summed E-state index contributed by atoms with van der Waals surface area (Å²) in [5.41, 5.74) is 2.18. The fourth-order valence-corrected chi connectivity index (χ4v) is 4.60. The van der Waals surface area contributed by atoms with E-state index < -0.39 is 0 Å². The monoisotopic (exact) mass is 370 g/mol. The Morgan fingerprint density at radius 2 is 1.89 bits per heavy atom. The zero-order valence-electron chi connectivity index (χ0n) is 16.9. The van der Waals surface area contributed by atoms with Crippen molar-refractivity contribution in [1.82, 2.24) is 29.1 Å². The van der Waals surface area contributed by atoms with Gasteiger partial charge in [-0.3, -0.25) is 14.4 Å². The number of aromatic nitrogens is 4. The molecule has 4 heterocycles. The van der Waals surface area contributed by atoms with Gasteiger partial charge in [-0.05, 0) is 25.8 Å². The van der Waals surface area contributed by atoms with Crippen molar-refractivity contribution in [2.45, 2.75) is 45.2 Å². The van der Waals surface area contributed by atoms with Crippen LogP contribution < -0.4 is 0 Å². The van der Waals surface area contributed by atoms with Gasteiger partial charge in [0.2, 0.25) is 5.91 Å². The van der Waals surface area contributed by atoms with Crippen molar-refractivity contribution in [3.8, 4) is 11.3 Å². The van der Waals surface area contributed by atoms with E-state index in [0.29, 0.717) is 12.3 Å². The van der Waals surface area contributed by atoms with Crippen molar-refractivity contribution >= 4 is 5.91 Å². The van der Waals surface area contributed by atoms with Crippen LogP contribution in [-0.4, -0.2) is 61.7 Å². The number of amides is 1. The van der Waals surface area contributed by atoms with E-state index in [-0.39, 0.29) is 11.4 Å². The van der Waals surface area contributed by atoms with Crippen LogP contribution in [0.15, 0.2) is 18.6 Å². The zero-order valence-corrected chi connectivity index (χ0v) is 16.9. The van der Waals surface area contributed by atoms with E-state index in [9.17, 15) is 4.79 Å². The van der Waals surface area contributed by atoms with Crippen molar-refractivity contribution in [1.29, 1.82) is 0 Å². The van der Waals surface area contributed by atoms with Gasteiger partial charge in [0.15, 0.2) is 0 Å². The molecule has 0 bridgehead atoms. The molecule has 0 radical (unpaired) electrons. The van der Waals surface area contributed by atoms with E-state index >= 15 is 0 Å². The second-order valence-electron chi connectivity index (χ2n) is 8.45. The normalized spacial score (nSPS) is 19.7. The Balaban J connectivity index is 1.60. The second kappa shape index (κ2) is 6.78. The third kappa shape index (κ3) is 3.08. The molecule has 4 rings (SSSR count). The van der Waals surface area contributed by atoms with E-state index in [0.717, 1.165) is 56.1 Å². The second-order valence-corrected chi connectivity index (χ2v) is 8.45. The summed E-state index contributed by atoms with van der Waals surface area (Å²) in [6, 6.07) is 0. The SMILES string of the molecule is CC(C)CC(=O)N1CCC2(CC1)c1ncc(-c3cnn(C)c3)n1CCN2C. The number of nitrogens with zero attached hydrogens (tertiary/aromatic N) is 6. The summed E-state index contributed by atoms with van der Waals surface area (Å²) in [7, 11) is 4.14. The van der Waals surface area contributed by atoms with Gasteiger partial charge in [-0.2, -0.15) is 5.10 Å². The van der Waals surface area contributed by atoms with E-state index in [1.165, 1.54) is 0 Å². The summed E-state index contributed by atoms with van der Waals surface area (Å²) in [5, 5.41) is 4.31. The van der Waals surface area contributed by atoms with E-state index in [1.807, 2.05) is 35.2 Å². The molecule has 2 aromatic heterocycles. The first-order chi connectivity index (χ1) is 12.9. The van der Waals surface area contributed by atoms with Crippen LogP contribution in [-0.2, 0) is 23.9 Å². The lowest BCUT2D eigenvalue weighted by Crippen LogP contribution is -2.57. The highest BCUT2D eigenvalue weighted by Gasteiger charge is 2.46. The van der Waals surface area contributed by atoms with Gasteiger partial charge in [0.05, 0.1) is 23.6 Å². The van der Waals surface area contributed by atoms with Crippen LogP contribution in [0.5, 0.6) is 0 Å². The van der Waals surface area contributed by atoms with Crippen molar-refractivity contribution < 1.29 is 4.79 Å². The smallest absolute Gasteiger partial charge is 0.222 e. The Hall–Kier alpha value is -2.15. The lowest BCUT2D eigenvalue weighted by Gasteiger charge is -2.49. The summed E-state index contributed by atoms with van der Waals surface area (Å²) in [6.07, 6.45) is 8.46. The van der Waals surface area contributed by atoms with Gasteiger partial charge in [0.25, 0.3) is 0 Å². The minimum absolute atomic E-state index is 0.0761. The van der Waals surface area contributed by atoms with E-state index in [4.69, 9.17) is 4.98 Å². The first-order valence-electron chi connectivity index (χ1n) is 9.95. The average molecular weight is 371 g/mol. The minimum atomic E-state index is -0.0761. The molecule has 0 aromatic carbocycles. The Bertz CT molecular complexity index is 827. The van der Waals surface area contributed by atoms with Gasteiger partial charge in [0.1, 0.15) is 5.82 Å². The Morgan fingerprint density at radius 3 is 2.52 bits per heavy atom. The number of rotatable bonds is 3. The molecular weight excluding hydrogens is 340 g/mol. The largest absolute Gasteiger partial charge is 0.343 e. The minimum Gasteiger partial charge on any atom is -0.343 e. The summed E-state index contributed by atoms with van der Waals surface area (Å²) in [5.74, 6) is 1.84. The van der Waals surface area contributed by atoms with Crippen LogP contribution in [0.1, 0.15) is 38.9 Å². The summed E-state index contributed by atoms with van der Waals surface area (Å²) in [6.45, 7) is 7.77. The molecule has 1 fully saturated rings. The zero-order chi connectivity index (χ0) is 19.2. The van der Waals surface area contributed by atoms with Crippen LogP contribution in [0.3, 0.4) is 0 Å². The predicted octanol–water partition coefficient (Wildman–Crippen LogP) is 2.09. The van der Waals surface area contributed by atoms with Crippen LogP contribution in [0.2, 0.25) is 0 Å². The number of likely N-dealkylation sites (tertiary alicyclic amines) is 1. The number of aryl methyl sites for hydroxylation is 1. The lowest BCUT2D eigenvalue weighted by molar-refractivity contribution is -0.135. The Kier molecular flexibility index (Phi) is 4.58. The molecule has 1 spiro atoms. The van der Waals surface area contributed by atoms with Gasteiger partial charge in [-0.1, -0.05) is 13.8 Å². The van der Waals surface area contributed by atoms with Gasteiger partial charge in [0, 0.05) is 51.4 Å². The molecule has 2 aliphatic rings. The molecule has 27 heavy (non-hydrogen) atoms. The third-order valence-electron chi connectivity index (χ3n) is 6.19. The van der Waals surface area contributed by atoms with E-state index in [2.05, 4.69) is 35.5 Å². The number of likely N-dealkylation sites (N-methyl/N-ethyl adjacent to an activating group) is 1. The van der Waals surface area contributed by atoms with Crippen LogP contribution in [0.25, 0.3) is 11.3 Å². The van der Waals surface area contributed by atoms with Gasteiger partial charge < -0.3 is 9.47 Å². The molecule has 0 aliphatic carbocycles. The number of carbonyl (C=O) groups is 1. The van der Waals surface area contributed by atoms with Crippen LogP contribution >= 0.6 is 0 Å². The third-order valence-corrected chi connectivity index (χ3v) is 6.19. The van der Waals surface area contributed by atoms with Gasteiger partial charge >= 0.3 is 0 Å². The Morgan fingerprint density at radius 1 is 1.15 bits per heavy atom. The Labute approximate surface area is 161 Å². The lowest BCUT2D eigenvalue weighted by atomic mass is 9.83. The van der Waals surface area contributed by atoms with Gasteiger partial charge in [-0.25, -0.2) is 4.98 Å². The highest BCUT2D eigenvalue weighted by molar-refractivity contribution is 5.76. The molecule has 0 N–H and O–H groups in total. The highest BCUT2D eigenvalue weighted by Crippen LogP contribution is 2.41. The maximum atomic E-state index is 12.5. The molecule has 0 atom stereocenters. The van der Waals surface area contributed by atoms with Crippen LogP contribution in [0, 0.1) is 5.92 Å². The number of piperidine rings is 1. The number of hydrogen-bond donors (Lipinski definition) is 0. The quantitative estimate of drug-likeness (QED) is 0.830. The van der Waals surface area contributed by atoms with Crippen LogP contribution in [0.4, 0.5) is 0 Å². The molecular formula is C20H30N6O. The number of fused-ring (bicyclic) bond motifs is 2. The number of hydrogen-bond acceptors (Lipinski definition) is 4. The highest BCUT2D eigenvalue weighted by atomic mass is 16.2. The van der Waals surface area contributed by atoms with Crippen molar-refractivity contribution in [3.05, 3.63) is 24.4 Å². The maximum absolute atomic E-state index is 12.5. The average Bonchev–Trinajstić information content (AvgIpc) is 3.24. The molecule has 7 heteroatoms. The topological polar surface area (TPSA) is 59.2 Å². The standard InChI is InChI=1S/C20H30N6O/c1-15(2)11-18(27)25-7-5-20(6-8-25)19-21-13-17(16-12-22-24(4)14-16)26(19)10-9-23(20)3/h12-15H,5-11H2,1-4H3. The summed E-state index contributed by atoms with van der Waals surface area (Å²) < 4.78 is 4.20. The number of carbonyl (C=O) groups excluding carboxylic acids is 1. The molecule has 0 saturated carbocycles. The summed E-state index contributed by atoms with van der Waals surface area (Å²) >= 11 is 0. The molecule has 2 aliphatic heterocycles. The fourth-order valence-electron chi connectivity index (χ4n) is 4.60. The van der Waals surface area contributed by atoms with Gasteiger partial charge in [-0.15, -0.1) is 0 Å². The first kappa shape index (κ1) is 18.2. The maximum Gasteiger partial charge on any atom is 0.222 e. The summed E-state index contributed by atoms with van der Waals surface area (Å²) in [4.78, 5) is 21.8. The van der Waals surface area contributed by atoms with Crippen molar-refractivity contribution in [3.63, 3.8) is 0 Å². The van der Waals surface area contributed by atoms with Crippen molar-refractivity contribution in [2.75, 3.05) is 26.7 Å². The molecule has 0 unspecified atom stereocenters. The fraction of sp³-hybridized carbons (Fsp3) is 0.650. The van der Waals surface area contributed by atoms with Crippen molar-refractivity contribution in [2.24, 2.45) is 13.0 Å². The molecule has 1 amide bonds. The first-order valence-corrected chi connectivity index (χ1v) is 9.95. The number of imidazole rings is 1. The molecule has 146 valence electrons. The van der Waals surface area contributed by atoms with E-state index in [1.54, 1.807) is 0 Å². The molecule has 2 aromatic rings. The molecule has 1 saturated heterocycles. The molecule has 7 nitrogen and oxygen atoms in total.